The number of allylic oxidation sites excluding steroid dienone is 7. The van der Waals surface area contributed by atoms with E-state index in [2.05, 4.69) is 204 Å². The SMILES string of the molecule is CCCc1ccc2c3cc([PH](c4ccccc4)(c4ccccc4)C4C=C5C(=CC4)N(c4ccccc4)C4=CC=CCC54)ccc3n(-c3ccccc3)c2c1. The molecule has 2 nitrogen and oxygen atoms in total. The molecule has 0 N–H and O–H groups in total. The Morgan fingerprint density at radius 1 is 0.611 bits per heavy atom. The molecule has 0 saturated carbocycles. The predicted molar refractivity (Wildman–Crippen MR) is 234 cm³/mol. The summed E-state index contributed by atoms with van der Waals surface area (Å²) in [5.41, 5.74) is 11.0. The number of benzene rings is 6. The molecule has 1 aliphatic heterocycles. The van der Waals surface area contributed by atoms with E-state index in [4.69, 9.17) is 0 Å². The molecule has 7 aromatic rings. The van der Waals surface area contributed by atoms with Gasteiger partial charge in [0, 0.05) is 0 Å². The molecule has 0 radical (unpaired) electrons. The van der Waals surface area contributed by atoms with Gasteiger partial charge in [-0.1, -0.05) is 0 Å². The van der Waals surface area contributed by atoms with E-state index >= 15 is 0 Å². The Kier molecular flexibility index (Phi) is 8.30. The van der Waals surface area contributed by atoms with Gasteiger partial charge in [-0.25, -0.2) is 0 Å². The fraction of sp³-hybridized carbons (Fsp3) is 0.137. The maximum atomic E-state index is 2.73. The molecule has 2 unspecified atom stereocenters. The number of aromatic nitrogens is 1. The summed E-state index contributed by atoms with van der Waals surface area (Å²) in [6.45, 7) is 2.27. The molecular formula is C51H45N2P. The molecule has 2 atom stereocenters. The van der Waals surface area contributed by atoms with Crippen molar-refractivity contribution >= 4 is 50.7 Å². The number of fused-ring (bicyclic) bond motifs is 6. The zero-order valence-electron chi connectivity index (χ0n) is 30.8. The van der Waals surface area contributed by atoms with Gasteiger partial charge in [0.05, 0.1) is 0 Å². The second kappa shape index (κ2) is 13.6. The molecule has 10 rings (SSSR count). The third-order valence-electron chi connectivity index (χ3n) is 12.1. The van der Waals surface area contributed by atoms with Crippen LogP contribution in [0.5, 0.6) is 0 Å². The number of rotatable bonds is 8. The van der Waals surface area contributed by atoms with E-state index in [0.717, 1.165) is 25.7 Å². The van der Waals surface area contributed by atoms with E-state index in [-0.39, 0.29) is 0 Å². The minimum atomic E-state index is -2.73. The summed E-state index contributed by atoms with van der Waals surface area (Å²) >= 11 is 0. The Labute approximate surface area is 319 Å². The molecule has 1 aromatic heterocycles. The van der Waals surface area contributed by atoms with Crippen LogP contribution in [0.15, 0.2) is 205 Å². The molecule has 0 spiro atoms. The summed E-state index contributed by atoms with van der Waals surface area (Å²) < 4.78 is 2.49. The first-order chi connectivity index (χ1) is 26.8. The second-order valence-electron chi connectivity index (χ2n) is 15.1. The van der Waals surface area contributed by atoms with Crippen molar-refractivity contribution in [3.8, 4) is 5.69 Å². The number of para-hydroxylation sites is 2. The minimum absolute atomic E-state index is 0.319. The van der Waals surface area contributed by atoms with Crippen molar-refractivity contribution in [1.82, 2.24) is 4.57 Å². The molecule has 3 aliphatic rings. The van der Waals surface area contributed by atoms with Crippen LogP contribution in [0.25, 0.3) is 27.5 Å². The molecule has 6 aromatic carbocycles. The van der Waals surface area contributed by atoms with Crippen molar-refractivity contribution in [2.75, 3.05) is 4.90 Å². The number of hydrogen-bond donors (Lipinski definition) is 0. The van der Waals surface area contributed by atoms with Crippen molar-refractivity contribution in [1.29, 1.82) is 0 Å². The summed E-state index contributed by atoms with van der Waals surface area (Å²) in [7, 11) is -2.73. The first-order valence-corrected chi connectivity index (χ1v) is 21.7. The predicted octanol–water partition coefficient (Wildman–Crippen LogP) is 11.3. The maximum absolute atomic E-state index is 2.73. The molecule has 3 heteroatoms. The topological polar surface area (TPSA) is 8.17 Å². The van der Waals surface area contributed by atoms with Crippen LogP contribution in [0, 0.1) is 5.92 Å². The fourth-order valence-electron chi connectivity index (χ4n) is 9.84. The van der Waals surface area contributed by atoms with Crippen LogP contribution in [0.2, 0.25) is 0 Å². The average Bonchev–Trinajstić information content (AvgIpc) is 3.75. The molecule has 2 aliphatic carbocycles. The van der Waals surface area contributed by atoms with Gasteiger partial charge in [0.15, 0.2) is 0 Å². The zero-order valence-corrected chi connectivity index (χ0v) is 31.8. The number of hydrogen-bond acceptors (Lipinski definition) is 1. The number of anilines is 1. The number of nitrogens with zero attached hydrogens (tertiary/aromatic N) is 2. The second-order valence-corrected chi connectivity index (χ2v) is 19.2. The monoisotopic (exact) mass is 716 g/mol. The Hall–Kier alpha value is -5.69. The van der Waals surface area contributed by atoms with Crippen LogP contribution < -0.4 is 20.8 Å². The molecule has 264 valence electrons. The van der Waals surface area contributed by atoms with E-state index in [1.807, 2.05) is 0 Å². The van der Waals surface area contributed by atoms with E-state index in [9.17, 15) is 0 Å². The van der Waals surface area contributed by atoms with Crippen molar-refractivity contribution in [3.05, 3.63) is 211 Å². The Morgan fingerprint density at radius 2 is 1.28 bits per heavy atom. The normalized spacial score (nSPS) is 18.2. The van der Waals surface area contributed by atoms with E-state index in [0.29, 0.717) is 11.6 Å². The molecule has 2 heterocycles. The summed E-state index contributed by atoms with van der Waals surface area (Å²) in [6.07, 6.45) is 16.5. The van der Waals surface area contributed by atoms with Crippen LogP contribution in [0.3, 0.4) is 0 Å². The van der Waals surface area contributed by atoms with Gasteiger partial charge in [-0.3, -0.25) is 0 Å². The Morgan fingerprint density at radius 3 is 1.96 bits per heavy atom. The Bertz CT molecular complexity index is 2570. The summed E-state index contributed by atoms with van der Waals surface area (Å²) in [5, 5.41) is 7.04. The van der Waals surface area contributed by atoms with Crippen LogP contribution in [-0.2, 0) is 6.42 Å². The van der Waals surface area contributed by atoms with E-state index in [1.54, 1.807) is 0 Å². The molecule has 0 bridgehead atoms. The van der Waals surface area contributed by atoms with Gasteiger partial charge in [0.2, 0.25) is 0 Å². The van der Waals surface area contributed by atoms with Gasteiger partial charge in [0.25, 0.3) is 0 Å². The summed E-state index contributed by atoms with van der Waals surface area (Å²) in [6, 6.07) is 59.6. The van der Waals surface area contributed by atoms with Crippen molar-refractivity contribution < 1.29 is 0 Å². The summed E-state index contributed by atoms with van der Waals surface area (Å²) in [4.78, 5) is 2.53. The van der Waals surface area contributed by atoms with Crippen LogP contribution in [0.1, 0.15) is 31.7 Å². The van der Waals surface area contributed by atoms with Gasteiger partial charge in [-0.15, -0.1) is 0 Å². The molecule has 1 fully saturated rings. The molecule has 0 amide bonds. The number of aryl methyl sites for hydroxylation is 1. The summed E-state index contributed by atoms with van der Waals surface area (Å²) in [5.74, 6) is 0.353. The third kappa shape index (κ3) is 5.19. The van der Waals surface area contributed by atoms with E-state index in [1.165, 1.54) is 71.6 Å². The van der Waals surface area contributed by atoms with Gasteiger partial charge < -0.3 is 0 Å². The van der Waals surface area contributed by atoms with Crippen molar-refractivity contribution in [2.45, 2.75) is 38.3 Å². The first-order valence-electron chi connectivity index (χ1n) is 19.6. The van der Waals surface area contributed by atoms with Crippen LogP contribution in [0.4, 0.5) is 5.69 Å². The van der Waals surface area contributed by atoms with Gasteiger partial charge in [0.1, 0.15) is 0 Å². The van der Waals surface area contributed by atoms with Crippen LogP contribution in [-0.4, -0.2) is 10.2 Å². The van der Waals surface area contributed by atoms with E-state index < -0.39 is 7.26 Å². The quantitative estimate of drug-likeness (QED) is 0.142. The van der Waals surface area contributed by atoms with Gasteiger partial charge in [-0.05, 0) is 0 Å². The van der Waals surface area contributed by atoms with Gasteiger partial charge >= 0.3 is 321 Å². The van der Waals surface area contributed by atoms with Gasteiger partial charge in [-0.2, -0.15) is 0 Å². The van der Waals surface area contributed by atoms with Crippen molar-refractivity contribution in [3.63, 3.8) is 0 Å². The van der Waals surface area contributed by atoms with Crippen molar-refractivity contribution in [2.24, 2.45) is 5.92 Å². The first kappa shape index (κ1) is 32.9. The zero-order chi connectivity index (χ0) is 36.1. The molecule has 54 heavy (non-hydrogen) atoms. The average molecular weight is 717 g/mol. The Balaban J connectivity index is 1.23. The molecule has 1 saturated heterocycles. The van der Waals surface area contributed by atoms with Crippen LogP contribution >= 0.6 is 7.26 Å². The third-order valence-corrected chi connectivity index (χ3v) is 17.3. The standard InChI is InChI=1S/C51H45N2P/c1-2-17-37-28-31-45-47-36-43(30-33-50(47)53(51(45)34-37)39-20-9-4-10-21-39)54(40-22-11-5-12-23-40,41-24-13-6-14-25-41)42-29-32-49-46(35-42)44-26-15-16-27-48(44)52(49)38-18-7-3-8-19-38/h3-16,18-25,27-28,30-36,42,44,54H,2,17,26,29H2,1H3. The molecular weight excluding hydrogens is 672 g/mol. The fourth-order valence-corrected chi connectivity index (χ4v) is 15.2.